The number of nitrogens with one attached hydrogen (secondary N) is 1. The minimum atomic E-state index is -0.833. The van der Waals surface area contributed by atoms with Crippen molar-refractivity contribution >= 4 is 33.7 Å². The number of aromatic nitrogens is 1. The molecule has 1 aromatic heterocycles. The quantitative estimate of drug-likeness (QED) is 0.498. The van der Waals surface area contributed by atoms with E-state index < -0.39 is 5.97 Å². The van der Waals surface area contributed by atoms with Crippen molar-refractivity contribution in [1.29, 1.82) is 0 Å². The molecule has 1 heterocycles. The normalized spacial score (nSPS) is 10.4. The lowest BCUT2D eigenvalue weighted by Crippen LogP contribution is -2.23. The van der Waals surface area contributed by atoms with Crippen molar-refractivity contribution in [2.24, 2.45) is 10.7 Å². The summed E-state index contributed by atoms with van der Waals surface area (Å²) in [7, 11) is 3.21. The molecule has 0 aliphatic heterocycles. The summed E-state index contributed by atoms with van der Waals surface area (Å²) >= 11 is 3.39. The molecule has 0 bridgehead atoms. The van der Waals surface area contributed by atoms with E-state index in [9.17, 15) is 0 Å². The largest absolute Gasteiger partial charge is 0.496 e. The predicted octanol–water partition coefficient (Wildman–Crippen LogP) is 2.88. The van der Waals surface area contributed by atoms with Crippen molar-refractivity contribution in [3.63, 3.8) is 0 Å². The van der Waals surface area contributed by atoms with E-state index >= 15 is 0 Å². The summed E-state index contributed by atoms with van der Waals surface area (Å²) in [5.41, 5.74) is 6.73. The molecule has 0 atom stereocenters. The number of hydrogen-bond acceptors (Lipinski definition) is 5. The third-order valence-electron chi connectivity index (χ3n) is 2.94. The van der Waals surface area contributed by atoms with Gasteiger partial charge in [0.05, 0.1) is 30.8 Å². The van der Waals surface area contributed by atoms with E-state index in [2.05, 4.69) is 31.2 Å². The van der Waals surface area contributed by atoms with Gasteiger partial charge in [0.2, 0.25) is 0 Å². The summed E-state index contributed by atoms with van der Waals surface area (Å²) in [6.07, 6.45) is 1.67. The molecule has 0 fully saturated rings. The van der Waals surface area contributed by atoms with E-state index in [1.54, 1.807) is 20.4 Å². The van der Waals surface area contributed by atoms with Crippen LogP contribution in [-0.4, -0.2) is 36.2 Å². The van der Waals surface area contributed by atoms with Crippen LogP contribution in [0.5, 0.6) is 11.5 Å². The van der Waals surface area contributed by atoms with Crippen LogP contribution in [0.3, 0.4) is 0 Å². The SMILES string of the molecule is CC(=O)O.COc1cccc(OC)c1CN=C(N)Nc1ncccc1Br. The van der Waals surface area contributed by atoms with Crippen molar-refractivity contribution < 1.29 is 19.4 Å². The van der Waals surface area contributed by atoms with Gasteiger partial charge in [-0.2, -0.15) is 0 Å². The predicted molar refractivity (Wildman–Crippen MR) is 104 cm³/mol. The molecule has 0 amide bonds. The number of carboxylic acids is 1. The number of benzene rings is 1. The zero-order chi connectivity index (χ0) is 19.5. The highest BCUT2D eigenvalue weighted by molar-refractivity contribution is 9.10. The van der Waals surface area contributed by atoms with Gasteiger partial charge in [-0.1, -0.05) is 6.07 Å². The maximum Gasteiger partial charge on any atom is 0.300 e. The number of ether oxygens (including phenoxy) is 2. The molecule has 8 nitrogen and oxygen atoms in total. The lowest BCUT2D eigenvalue weighted by Gasteiger charge is -2.12. The van der Waals surface area contributed by atoms with Gasteiger partial charge in [-0.25, -0.2) is 9.98 Å². The Bertz CT molecular complexity index is 742. The van der Waals surface area contributed by atoms with E-state index in [0.717, 1.165) is 17.0 Å². The number of pyridine rings is 1. The van der Waals surface area contributed by atoms with Crippen LogP contribution in [0.15, 0.2) is 46.0 Å². The monoisotopic (exact) mass is 424 g/mol. The van der Waals surface area contributed by atoms with Crippen LogP contribution in [0.2, 0.25) is 0 Å². The molecule has 0 saturated heterocycles. The number of rotatable bonds is 5. The molecule has 0 saturated carbocycles. The Morgan fingerprint density at radius 2 is 1.85 bits per heavy atom. The van der Waals surface area contributed by atoms with Gasteiger partial charge in [0.25, 0.3) is 5.97 Å². The number of carboxylic acid groups (broad SMARTS) is 1. The molecule has 9 heteroatoms. The summed E-state index contributed by atoms with van der Waals surface area (Å²) in [5.74, 6) is 1.44. The number of halogens is 1. The minimum Gasteiger partial charge on any atom is -0.496 e. The van der Waals surface area contributed by atoms with E-state index in [-0.39, 0.29) is 5.96 Å². The van der Waals surface area contributed by atoms with Crippen LogP contribution < -0.4 is 20.5 Å². The second-order valence-electron chi connectivity index (χ2n) is 4.82. The molecule has 2 aromatic rings. The summed E-state index contributed by atoms with van der Waals surface area (Å²) in [4.78, 5) is 17.5. The Morgan fingerprint density at radius 3 is 2.35 bits per heavy atom. The average molecular weight is 425 g/mol. The molecular formula is C17H21BrN4O4. The van der Waals surface area contributed by atoms with Crippen LogP contribution in [-0.2, 0) is 11.3 Å². The zero-order valence-corrected chi connectivity index (χ0v) is 16.3. The van der Waals surface area contributed by atoms with Gasteiger partial charge < -0.3 is 25.6 Å². The number of guanidine groups is 1. The van der Waals surface area contributed by atoms with Gasteiger partial charge in [-0.05, 0) is 40.2 Å². The molecule has 0 unspecified atom stereocenters. The fourth-order valence-corrected chi connectivity index (χ4v) is 2.24. The number of methoxy groups -OCH3 is 2. The molecule has 0 aliphatic rings. The number of carbonyl (C=O) groups is 1. The van der Waals surface area contributed by atoms with Crippen molar-refractivity contribution in [3.8, 4) is 11.5 Å². The maximum absolute atomic E-state index is 9.00. The summed E-state index contributed by atoms with van der Waals surface area (Å²) in [5, 5.41) is 10.4. The van der Waals surface area contributed by atoms with E-state index in [1.807, 2.05) is 30.3 Å². The van der Waals surface area contributed by atoms with Gasteiger partial charge >= 0.3 is 0 Å². The number of aliphatic carboxylic acids is 1. The van der Waals surface area contributed by atoms with E-state index in [1.165, 1.54) is 0 Å². The second-order valence-corrected chi connectivity index (χ2v) is 5.67. The third-order valence-corrected chi connectivity index (χ3v) is 3.58. The first-order valence-electron chi connectivity index (χ1n) is 7.45. The number of aliphatic imine (C=N–C) groups is 1. The van der Waals surface area contributed by atoms with E-state index in [0.29, 0.717) is 23.9 Å². The third kappa shape index (κ3) is 6.98. The van der Waals surface area contributed by atoms with Crippen LogP contribution >= 0.6 is 15.9 Å². The Balaban J connectivity index is 0.000000765. The van der Waals surface area contributed by atoms with Crippen molar-refractivity contribution in [1.82, 2.24) is 4.98 Å². The Labute approximate surface area is 160 Å². The number of anilines is 1. The summed E-state index contributed by atoms with van der Waals surface area (Å²) in [6, 6.07) is 9.25. The number of nitrogens with zero attached hydrogens (tertiary/aromatic N) is 2. The van der Waals surface area contributed by atoms with Gasteiger partial charge in [-0.15, -0.1) is 0 Å². The Hall–Kier alpha value is -2.81. The number of nitrogens with two attached hydrogens (primary N) is 1. The highest BCUT2D eigenvalue weighted by Gasteiger charge is 2.09. The van der Waals surface area contributed by atoms with E-state index in [4.69, 9.17) is 25.1 Å². The topological polar surface area (TPSA) is 119 Å². The van der Waals surface area contributed by atoms with Crippen molar-refractivity contribution in [2.45, 2.75) is 13.5 Å². The summed E-state index contributed by atoms with van der Waals surface area (Å²) < 4.78 is 11.5. The molecule has 0 aliphatic carbocycles. The molecule has 0 radical (unpaired) electrons. The Morgan fingerprint density at radius 1 is 1.27 bits per heavy atom. The highest BCUT2D eigenvalue weighted by atomic mass is 79.9. The highest BCUT2D eigenvalue weighted by Crippen LogP contribution is 2.28. The van der Waals surface area contributed by atoms with Crippen LogP contribution in [0.25, 0.3) is 0 Å². The first-order chi connectivity index (χ1) is 12.4. The second kappa shape index (κ2) is 10.9. The molecular weight excluding hydrogens is 404 g/mol. The minimum absolute atomic E-state index is 0.257. The molecule has 4 N–H and O–H groups in total. The lowest BCUT2D eigenvalue weighted by atomic mass is 10.2. The number of hydrogen-bond donors (Lipinski definition) is 3. The maximum atomic E-state index is 9.00. The summed E-state index contributed by atoms with van der Waals surface area (Å²) in [6.45, 7) is 1.41. The molecule has 140 valence electrons. The molecule has 0 spiro atoms. The first-order valence-corrected chi connectivity index (χ1v) is 8.25. The van der Waals surface area contributed by atoms with Gasteiger partial charge in [0, 0.05) is 13.1 Å². The van der Waals surface area contributed by atoms with Crippen LogP contribution in [0, 0.1) is 0 Å². The standard InChI is InChI=1S/C15H17BrN4O2.C2H4O2/c1-21-12-6-3-7-13(22-2)10(12)9-19-15(17)20-14-11(16)5-4-8-18-14;1-2(3)4/h3-8H,9H2,1-2H3,(H3,17,18,19,20);1H3,(H,3,4). The molecule has 1 aromatic carbocycles. The first kappa shape index (κ1) is 21.2. The fourth-order valence-electron chi connectivity index (χ4n) is 1.89. The fraction of sp³-hybridized carbons (Fsp3) is 0.235. The smallest absolute Gasteiger partial charge is 0.300 e. The van der Waals surface area contributed by atoms with Crippen molar-refractivity contribution in [2.75, 3.05) is 19.5 Å². The van der Waals surface area contributed by atoms with Crippen LogP contribution in [0.1, 0.15) is 12.5 Å². The molecule has 2 rings (SSSR count). The van der Waals surface area contributed by atoms with Gasteiger partial charge in [0.1, 0.15) is 17.3 Å². The zero-order valence-electron chi connectivity index (χ0n) is 14.7. The Kier molecular flexibility index (Phi) is 8.93. The molecule has 26 heavy (non-hydrogen) atoms. The van der Waals surface area contributed by atoms with Crippen LogP contribution in [0.4, 0.5) is 5.82 Å². The average Bonchev–Trinajstić information content (AvgIpc) is 2.61. The van der Waals surface area contributed by atoms with Gasteiger partial charge in [0.15, 0.2) is 5.96 Å². The van der Waals surface area contributed by atoms with Crippen molar-refractivity contribution in [3.05, 3.63) is 46.6 Å². The van der Waals surface area contributed by atoms with Gasteiger partial charge in [-0.3, -0.25) is 4.79 Å². The lowest BCUT2D eigenvalue weighted by molar-refractivity contribution is -0.134.